The van der Waals surface area contributed by atoms with Crippen LogP contribution in [0.25, 0.3) is 11.4 Å². The summed E-state index contributed by atoms with van der Waals surface area (Å²) in [6, 6.07) is 13.1. The summed E-state index contributed by atoms with van der Waals surface area (Å²) in [5, 5.41) is 5.03. The predicted octanol–water partition coefficient (Wildman–Crippen LogP) is 4.10. The molecule has 2 heterocycles. The molecular formula is C22H22Cl2N4O4S. The zero-order valence-electron chi connectivity index (χ0n) is 17.8. The van der Waals surface area contributed by atoms with Crippen LogP contribution in [-0.4, -0.2) is 53.8 Å². The Kier molecular flexibility index (Phi) is 7.04. The van der Waals surface area contributed by atoms with E-state index in [-0.39, 0.29) is 29.8 Å². The number of rotatable bonds is 6. The van der Waals surface area contributed by atoms with Gasteiger partial charge in [-0.05, 0) is 61.4 Å². The van der Waals surface area contributed by atoms with Crippen LogP contribution < -0.4 is 0 Å². The second-order valence-electron chi connectivity index (χ2n) is 7.87. The summed E-state index contributed by atoms with van der Waals surface area (Å²) in [6.07, 6.45) is 1.20. The summed E-state index contributed by atoms with van der Waals surface area (Å²) in [7, 11) is -2.07. The fourth-order valence-corrected chi connectivity index (χ4v) is 5.52. The molecule has 4 rings (SSSR count). The van der Waals surface area contributed by atoms with Gasteiger partial charge in [0.05, 0.1) is 17.4 Å². The average Bonchev–Trinajstić information content (AvgIpc) is 3.27. The third-order valence-corrected chi connectivity index (χ3v) is 7.89. The van der Waals surface area contributed by atoms with Gasteiger partial charge in [-0.1, -0.05) is 28.4 Å². The molecule has 0 bridgehead atoms. The molecule has 3 aromatic rings. The molecular weight excluding hydrogens is 487 g/mol. The molecule has 0 saturated carbocycles. The van der Waals surface area contributed by atoms with Gasteiger partial charge in [-0.25, -0.2) is 8.42 Å². The maximum Gasteiger partial charge on any atom is 0.246 e. The van der Waals surface area contributed by atoms with Crippen molar-refractivity contribution in [2.75, 3.05) is 20.1 Å². The first kappa shape index (κ1) is 23.7. The number of hydrogen-bond acceptors (Lipinski definition) is 6. The Morgan fingerprint density at radius 3 is 2.42 bits per heavy atom. The zero-order chi connectivity index (χ0) is 23.6. The fourth-order valence-electron chi connectivity index (χ4n) is 3.75. The lowest BCUT2D eigenvalue weighted by Gasteiger charge is -2.33. The molecule has 0 N–H and O–H groups in total. The van der Waals surface area contributed by atoms with Gasteiger partial charge in [-0.2, -0.15) is 9.29 Å². The molecule has 11 heteroatoms. The Morgan fingerprint density at radius 1 is 1.12 bits per heavy atom. The topological polar surface area (TPSA) is 96.6 Å². The van der Waals surface area contributed by atoms with Crippen molar-refractivity contribution in [2.24, 2.45) is 5.92 Å². The lowest BCUT2D eigenvalue weighted by atomic mass is 9.98. The van der Waals surface area contributed by atoms with Crippen LogP contribution in [0.2, 0.25) is 10.0 Å². The van der Waals surface area contributed by atoms with Crippen LogP contribution in [-0.2, 0) is 21.4 Å². The largest absolute Gasteiger partial charge is 0.337 e. The summed E-state index contributed by atoms with van der Waals surface area (Å²) in [5.41, 5.74) is 0.749. The van der Waals surface area contributed by atoms with E-state index in [4.69, 9.17) is 27.7 Å². The van der Waals surface area contributed by atoms with E-state index in [1.54, 1.807) is 31.3 Å². The second-order valence-corrected chi connectivity index (χ2v) is 10.7. The van der Waals surface area contributed by atoms with Crippen molar-refractivity contribution in [3.8, 4) is 11.4 Å². The minimum atomic E-state index is -3.71. The number of aromatic nitrogens is 2. The number of benzene rings is 2. The number of carbonyl (C=O) groups is 1. The minimum Gasteiger partial charge on any atom is -0.337 e. The van der Waals surface area contributed by atoms with E-state index in [9.17, 15) is 13.2 Å². The molecule has 174 valence electrons. The summed E-state index contributed by atoms with van der Waals surface area (Å²) in [5.74, 6) is 0.0689. The van der Waals surface area contributed by atoms with Gasteiger partial charge in [0.15, 0.2) is 0 Å². The monoisotopic (exact) mass is 508 g/mol. The van der Waals surface area contributed by atoms with Crippen LogP contribution in [0.15, 0.2) is 57.9 Å². The maximum atomic E-state index is 13.1. The smallest absolute Gasteiger partial charge is 0.246 e. The molecule has 1 aliphatic heterocycles. The highest BCUT2D eigenvalue weighted by Gasteiger charge is 2.34. The molecule has 1 aliphatic rings. The van der Waals surface area contributed by atoms with Gasteiger partial charge in [-0.15, -0.1) is 0 Å². The van der Waals surface area contributed by atoms with Crippen molar-refractivity contribution in [1.29, 1.82) is 0 Å². The SMILES string of the molecule is CN(Cc1nc(-c2ccc(Cl)cc2)no1)C(=O)C1CCCN(S(=O)(=O)c2ccc(Cl)cc2)C1. The summed E-state index contributed by atoms with van der Waals surface area (Å²) >= 11 is 11.8. The highest BCUT2D eigenvalue weighted by molar-refractivity contribution is 7.89. The van der Waals surface area contributed by atoms with Gasteiger partial charge >= 0.3 is 0 Å². The van der Waals surface area contributed by atoms with Crippen LogP contribution in [0.4, 0.5) is 0 Å². The molecule has 1 saturated heterocycles. The highest BCUT2D eigenvalue weighted by Crippen LogP contribution is 2.26. The number of sulfonamides is 1. The normalized spacial score (nSPS) is 17.1. The highest BCUT2D eigenvalue weighted by atomic mass is 35.5. The first-order valence-electron chi connectivity index (χ1n) is 10.3. The lowest BCUT2D eigenvalue weighted by molar-refractivity contribution is -0.136. The van der Waals surface area contributed by atoms with Gasteiger partial charge in [0.25, 0.3) is 0 Å². The Hall–Kier alpha value is -2.46. The number of hydrogen-bond donors (Lipinski definition) is 0. The van der Waals surface area contributed by atoms with Crippen LogP contribution >= 0.6 is 23.2 Å². The van der Waals surface area contributed by atoms with Gasteiger partial charge < -0.3 is 9.42 Å². The molecule has 0 spiro atoms. The van der Waals surface area contributed by atoms with E-state index in [0.717, 1.165) is 5.56 Å². The van der Waals surface area contributed by atoms with Crippen molar-refractivity contribution in [3.05, 3.63) is 64.5 Å². The van der Waals surface area contributed by atoms with E-state index in [1.807, 2.05) is 0 Å². The number of piperidine rings is 1. The molecule has 0 radical (unpaired) electrons. The van der Waals surface area contributed by atoms with E-state index < -0.39 is 15.9 Å². The Bertz CT molecular complexity index is 1230. The summed E-state index contributed by atoms with van der Waals surface area (Å²) in [6.45, 7) is 0.612. The molecule has 1 fully saturated rings. The molecule has 2 aromatic carbocycles. The quantitative estimate of drug-likeness (QED) is 0.497. The summed E-state index contributed by atoms with van der Waals surface area (Å²) < 4.78 is 32.7. The molecule has 1 unspecified atom stereocenters. The van der Waals surface area contributed by atoms with Crippen LogP contribution in [0.1, 0.15) is 18.7 Å². The Morgan fingerprint density at radius 2 is 1.76 bits per heavy atom. The van der Waals surface area contributed by atoms with E-state index in [2.05, 4.69) is 10.1 Å². The van der Waals surface area contributed by atoms with Crippen molar-refractivity contribution < 1.29 is 17.7 Å². The van der Waals surface area contributed by atoms with Gasteiger partial charge in [0, 0.05) is 35.7 Å². The molecule has 1 amide bonds. The molecule has 8 nitrogen and oxygen atoms in total. The molecule has 33 heavy (non-hydrogen) atoms. The number of amides is 1. The Labute approximate surface area is 202 Å². The number of carbonyl (C=O) groups excluding carboxylic acids is 1. The average molecular weight is 509 g/mol. The number of halogens is 2. The van der Waals surface area contributed by atoms with Crippen LogP contribution in [0, 0.1) is 5.92 Å². The third-order valence-electron chi connectivity index (χ3n) is 5.50. The summed E-state index contributed by atoms with van der Waals surface area (Å²) in [4.78, 5) is 19.0. The standard InChI is InChI=1S/C22H22Cl2N4O4S/c1-27(14-20-25-21(26-32-20)15-4-6-17(23)7-5-15)22(29)16-3-2-12-28(13-16)33(30,31)19-10-8-18(24)9-11-19/h4-11,16H,2-3,12-14H2,1H3. The van der Waals surface area contributed by atoms with E-state index in [0.29, 0.717) is 35.3 Å². The maximum absolute atomic E-state index is 13.1. The van der Waals surface area contributed by atoms with Gasteiger partial charge in [0.1, 0.15) is 0 Å². The molecule has 1 aromatic heterocycles. The van der Waals surface area contributed by atoms with Crippen LogP contribution in [0.5, 0.6) is 0 Å². The third kappa shape index (κ3) is 5.38. The number of nitrogens with zero attached hydrogens (tertiary/aromatic N) is 4. The van der Waals surface area contributed by atoms with Gasteiger partial charge in [-0.3, -0.25) is 4.79 Å². The predicted molar refractivity (Wildman–Crippen MR) is 124 cm³/mol. The van der Waals surface area contributed by atoms with E-state index in [1.165, 1.54) is 33.5 Å². The Balaban J connectivity index is 1.41. The van der Waals surface area contributed by atoms with Crippen molar-refractivity contribution in [1.82, 2.24) is 19.3 Å². The fraction of sp³-hybridized carbons (Fsp3) is 0.318. The zero-order valence-corrected chi connectivity index (χ0v) is 20.1. The van der Waals surface area contributed by atoms with Gasteiger partial charge in [0.2, 0.25) is 27.6 Å². The first-order valence-corrected chi connectivity index (χ1v) is 12.5. The van der Waals surface area contributed by atoms with E-state index >= 15 is 0 Å². The van der Waals surface area contributed by atoms with Crippen molar-refractivity contribution >= 4 is 39.1 Å². The van der Waals surface area contributed by atoms with Crippen molar-refractivity contribution in [2.45, 2.75) is 24.3 Å². The van der Waals surface area contributed by atoms with Crippen LogP contribution in [0.3, 0.4) is 0 Å². The molecule has 1 atom stereocenters. The lowest BCUT2D eigenvalue weighted by Crippen LogP contribution is -2.45. The van der Waals surface area contributed by atoms with Crippen molar-refractivity contribution in [3.63, 3.8) is 0 Å². The second kappa shape index (κ2) is 9.80. The molecule has 0 aliphatic carbocycles. The minimum absolute atomic E-state index is 0.119. The first-order chi connectivity index (χ1) is 15.7.